The van der Waals surface area contributed by atoms with Crippen LogP contribution in [0, 0.1) is 0 Å². The van der Waals surface area contributed by atoms with E-state index in [1.165, 1.54) is 40.4 Å². The fourth-order valence-corrected chi connectivity index (χ4v) is 3.88. The summed E-state index contributed by atoms with van der Waals surface area (Å²) in [7, 11) is 4.31. The summed E-state index contributed by atoms with van der Waals surface area (Å²) in [6.45, 7) is 1.48. The average Bonchev–Trinajstić information content (AvgIpc) is 2.86. The lowest BCUT2D eigenvalue weighted by atomic mass is 10.00. The number of hydrogen-bond donors (Lipinski definition) is 4. The van der Waals surface area contributed by atoms with E-state index < -0.39 is 47.6 Å². The first-order valence-electron chi connectivity index (χ1n) is 10.7. The summed E-state index contributed by atoms with van der Waals surface area (Å²) in [6.07, 6.45) is -7.06. The number of phenols is 1. The van der Waals surface area contributed by atoms with Crippen molar-refractivity contribution in [2.45, 2.75) is 37.6 Å². The minimum Gasteiger partial charge on any atom is -0.507 e. The summed E-state index contributed by atoms with van der Waals surface area (Å²) < 4.78 is 33.0. The smallest absolute Gasteiger partial charge is 0.239 e. The monoisotopic (exact) mass is 490 g/mol. The molecule has 1 fully saturated rings. The highest BCUT2D eigenvalue weighted by atomic mass is 16.7. The highest BCUT2D eigenvalue weighted by Crippen LogP contribution is 2.40. The molecule has 11 heteroatoms. The molecular formula is C24H26O11. The van der Waals surface area contributed by atoms with Gasteiger partial charge in [-0.25, -0.2) is 0 Å². The zero-order valence-corrected chi connectivity index (χ0v) is 19.4. The van der Waals surface area contributed by atoms with Crippen molar-refractivity contribution in [2.75, 3.05) is 21.3 Å². The minimum atomic E-state index is -1.68. The van der Waals surface area contributed by atoms with Crippen LogP contribution in [0.2, 0.25) is 0 Å². The van der Waals surface area contributed by atoms with Gasteiger partial charge in [-0.05, 0) is 25.1 Å². The zero-order valence-electron chi connectivity index (χ0n) is 19.4. The Bertz CT molecular complexity index is 1280. The molecule has 0 aliphatic carbocycles. The van der Waals surface area contributed by atoms with Gasteiger partial charge in [0.05, 0.1) is 27.4 Å². The van der Waals surface area contributed by atoms with Crippen molar-refractivity contribution in [3.8, 4) is 40.1 Å². The maximum atomic E-state index is 13.5. The molecule has 0 bridgehead atoms. The van der Waals surface area contributed by atoms with E-state index in [0.29, 0.717) is 17.1 Å². The Labute approximate surface area is 199 Å². The number of aliphatic hydroxyl groups excluding tert-OH is 3. The molecule has 11 nitrogen and oxygen atoms in total. The summed E-state index contributed by atoms with van der Waals surface area (Å²) >= 11 is 0. The van der Waals surface area contributed by atoms with Gasteiger partial charge in [0.1, 0.15) is 40.8 Å². The quantitative estimate of drug-likeness (QED) is 0.396. The average molecular weight is 490 g/mol. The van der Waals surface area contributed by atoms with E-state index in [1.54, 1.807) is 18.2 Å². The third kappa shape index (κ3) is 4.34. The molecular weight excluding hydrogens is 464 g/mol. The summed E-state index contributed by atoms with van der Waals surface area (Å²) in [5.74, 6) is 0.143. The largest absolute Gasteiger partial charge is 0.507 e. The van der Waals surface area contributed by atoms with E-state index >= 15 is 0 Å². The number of benzene rings is 2. The van der Waals surface area contributed by atoms with E-state index in [1.807, 2.05) is 0 Å². The molecule has 3 aromatic rings. The van der Waals surface area contributed by atoms with Crippen molar-refractivity contribution >= 4 is 11.0 Å². The summed E-state index contributed by atoms with van der Waals surface area (Å²) in [5, 5.41) is 40.9. The van der Waals surface area contributed by atoms with E-state index in [9.17, 15) is 25.2 Å². The van der Waals surface area contributed by atoms with Crippen molar-refractivity contribution in [3.05, 3.63) is 40.6 Å². The van der Waals surface area contributed by atoms with Crippen molar-refractivity contribution in [3.63, 3.8) is 0 Å². The molecule has 5 unspecified atom stereocenters. The molecule has 1 aliphatic rings. The lowest BCUT2D eigenvalue weighted by Crippen LogP contribution is -2.58. The molecule has 2 aromatic carbocycles. The lowest BCUT2D eigenvalue weighted by molar-refractivity contribution is -0.268. The SMILES string of the molecule is COc1cc(O)c2c(=O)c(OC3OC(C)C(O)C(O)C3O)c(-c3ccc(OC)c(OC)c3)oc2c1. The standard InChI is InChI=1S/C24H26O11/c1-10-18(26)20(28)21(29)24(33-10)35-23-19(27)17-13(25)8-12(30-2)9-16(17)34-22(23)11-5-6-14(31-3)15(7-11)32-4/h5-10,18,20-21,24-26,28-29H,1-4H3. The Kier molecular flexibility index (Phi) is 6.77. The molecule has 0 saturated carbocycles. The number of phenolic OH excluding ortho intramolecular Hbond substituents is 1. The third-order valence-electron chi connectivity index (χ3n) is 5.83. The number of aliphatic hydroxyl groups is 3. The molecule has 4 rings (SSSR count). The summed E-state index contributed by atoms with van der Waals surface area (Å²) in [5.41, 5.74) is -0.406. The number of rotatable bonds is 6. The van der Waals surface area contributed by atoms with Crippen LogP contribution >= 0.6 is 0 Å². The Hall–Kier alpha value is -3.51. The van der Waals surface area contributed by atoms with Gasteiger partial charge in [0, 0.05) is 17.7 Å². The Morgan fingerprint density at radius 3 is 2.26 bits per heavy atom. The van der Waals surface area contributed by atoms with Crippen LogP contribution < -0.4 is 24.4 Å². The van der Waals surface area contributed by atoms with E-state index in [2.05, 4.69) is 0 Å². The van der Waals surface area contributed by atoms with Crippen LogP contribution in [0.5, 0.6) is 28.7 Å². The maximum absolute atomic E-state index is 13.5. The number of fused-ring (bicyclic) bond motifs is 1. The van der Waals surface area contributed by atoms with Gasteiger partial charge in [0.15, 0.2) is 17.3 Å². The van der Waals surface area contributed by atoms with Gasteiger partial charge in [-0.1, -0.05) is 0 Å². The molecule has 35 heavy (non-hydrogen) atoms. The molecule has 1 saturated heterocycles. The van der Waals surface area contributed by atoms with Gasteiger partial charge in [-0.2, -0.15) is 0 Å². The molecule has 0 radical (unpaired) electrons. The number of methoxy groups -OCH3 is 3. The van der Waals surface area contributed by atoms with E-state index in [-0.39, 0.29) is 22.5 Å². The van der Waals surface area contributed by atoms with Crippen LogP contribution in [0.1, 0.15) is 6.92 Å². The van der Waals surface area contributed by atoms with Gasteiger partial charge in [0.2, 0.25) is 17.5 Å². The number of aromatic hydroxyl groups is 1. The normalized spacial score (nSPS) is 24.3. The van der Waals surface area contributed by atoms with Gasteiger partial charge in [-0.15, -0.1) is 0 Å². The topological polar surface area (TPSA) is 157 Å². The van der Waals surface area contributed by atoms with Crippen LogP contribution in [0.15, 0.2) is 39.5 Å². The molecule has 5 atom stereocenters. The van der Waals surface area contributed by atoms with Crippen LogP contribution in [-0.2, 0) is 4.74 Å². The number of ether oxygens (including phenoxy) is 5. The highest BCUT2D eigenvalue weighted by Gasteiger charge is 2.44. The summed E-state index contributed by atoms with van der Waals surface area (Å²) in [6, 6.07) is 7.41. The zero-order chi connectivity index (χ0) is 25.4. The van der Waals surface area contributed by atoms with Gasteiger partial charge < -0.3 is 48.5 Å². The minimum absolute atomic E-state index is 0.0120. The third-order valence-corrected chi connectivity index (χ3v) is 5.83. The van der Waals surface area contributed by atoms with Crippen molar-refractivity contribution < 1.29 is 48.5 Å². The second kappa shape index (κ2) is 9.62. The Morgan fingerprint density at radius 1 is 0.886 bits per heavy atom. The van der Waals surface area contributed by atoms with Gasteiger partial charge in [-0.3, -0.25) is 4.79 Å². The maximum Gasteiger partial charge on any atom is 0.239 e. The Morgan fingerprint density at radius 2 is 1.60 bits per heavy atom. The van der Waals surface area contributed by atoms with E-state index in [4.69, 9.17) is 28.1 Å². The van der Waals surface area contributed by atoms with Crippen LogP contribution in [0.3, 0.4) is 0 Å². The van der Waals surface area contributed by atoms with Crippen LogP contribution in [0.25, 0.3) is 22.3 Å². The molecule has 188 valence electrons. The van der Waals surface area contributed by atoms with Crippen LogP contribution in [-0.4, -0.2) is 72.5 Å². The first-order chi connectivity index (χ1) is 16.7. The fourth-order valence-electron chi connectivity index (χ4n) is 3.88. The second-order valence-corrected chi connectivity index (χ2v) is 7.98. The lowest BCUT2D eigenvalue weighted by Gasteiger charge is -2.38. The predicted octanol–water partition coefficient (Wildman–Crippen LogP) is 1.40. The fraction of sp³-hybridized carbons (Fsp3) is 0.375. The molecule has 2 heterocycles. The van der Waals surface area contributed by atoms with Crippen molar-refractivity contribution in [2.24, 2.45) is 0 Å². The molecule has 4 N–H and O–H groups in total. The summed E-state index contributed by atoms with van der Waals surface area (Å²) in [4.78, 5) is 13.5. The Balaban J connectivity index is 1.93. The van der Waals surface area contributed by atoms with Gasteiger partial charge in [0.25, 0.3) is 0 Å². The van der Waals surface area contributed by atoms with E-state index in [0.717, 1.165) is 0 Å². The van der Waals surface area contributed by atoms with Crippen molar-refractivity contribution in [1.82, 2.24) is 0 Å². The second-order valence-electron chi connectivity index (χ2n) is 7.98. The van der Waals surface area contributed by atoms with Crippen molar-refractivity contribution in [1.29, 1.82) is 0 Å². The molecule has 0 amide bonds. The molecule has 0 spiro atoms. The first-order valence-corrected chi connectivity index (χ1v) is 10.7. The van der Waals surface area contributed by atoms with Gasteiger partial charge >= 0.3 is 0 Å². The highest BCUT2D eigenvalue weighted by molar-refractivity contribution is 5.88. The molecule has 1 aliphatic heterocycles. The molecule has 1 aromatic heterocycles. The number of hydrogen-bond acceptors (Lipinski definition) is 11. The first kappa shape index (κ1) is 24.6. The van der Waals surface area contributed by atoms with Crippen LogP contribution in [0.4, 0.5) is 0 Å². The predicted molar refractivity (Wildman–Crippen MR) is 122 cm³/mol.